The molecule has 1 heterocycles. The molecule has 0 saturated carbocycles. The fourth-order valence-corrected chi connectivity index (χ4v) is 2.14. The Bertz CT molecular complexity index is 388. The summed E-state index contributed by atoms with van der Waals surface area (Å²) in [5, 5.41) is 9.77. The van der Waals surface area contributed by atoms with Crippen molar-refractivity contribution in [2.24, 2.45) is 5.92 Å². The average Bonchev–Trinajstić information content (AvgIpc) is 2.32. The van der Waals surface area contributed by atoms with E-state index in [1.165, 1.54) is 0 Å². The molecule has 0 fully saturated rings. The van der Waals surface area contributed by atoms with Crippen molar-refractivity contribution in [3.05, 3.63) is 23.0 Å². The number of ether oxygens (including phenoxy) is 1. The lowest BCUT2D eigenvalue weighted by Gasteiger charge is -2.15. The van der Waals surface area contributed by atoms with Gasteiger partial charge in [-0.3, -0.25) is 4.98 Å². The Balaban J connectivity index is 2.63. The minimum Gasteiger partial charge on any atom is -0.496 e. The second-order valence-corrected chi connectivity index (χ2v) is 5.25. The summed E-state index contributed by atoms with van der Waals surface area (Å²) in [4.78, 5) is 4.47. The SMILES string of the molecule is COc1c(C)cnc(CCCC(O)C(C)C)c1C. The number of aryl methyl sites for hydroxylation is 2. The van der Waals surface area contributed by atoms with Crippen LogP contribution in [-0.2, 0) is 6.42 Å². The largest absolute Gasteiger partial charge is 0.496 e. The summed E-state index contributed by atoms with van der Waals surface area (Å²) in [6.07, 6.45) is 4.33. The van der Waals surface area contributed by atoms with Crippen LogP contribution in [0, 0.1) is 19.8 Å². The monoisotopic (exact) mass is 251 g/mol. The summed E-state index contributed by atoms with van der Waals surface area (Å²) >= 11 is 0. The molecular formula is C15H25NO2. The molecule has 1 rings (SSSR count). The van der Waals surface area contributed by atoms with Gasteiger partial charge in [-0.2, -0.15) is 0 Å². The third-order valence-corrected chi connectivity index (χ3v) is 3.43. The zero-order chi connectivity index (χ0) is 13.7. The molecule has 1 atom stereocenters. The molecule has 0 aliphatic carbocycles. The molecule has 1 unspecified atom stereocenters. The number of hydrogen-bond donors (Lipinski definition) is 1. The Labute approximate surface area is 110 Å². The van der Waals surface area contributed by atoms with Crippen molar-refractivity contribution in [1.29, 1.82) is 0 Å². The fourth-order valence-electron chi connectivity index (χ4n) is 2.14. The molecule has 0 aliphatic rings. The van der Waals surface area contributed by atoms with Gasteiger partial charge in [0.1, 0.15) is 5.75 Å². The Morgan fingerprint density at radius 1 is 1.33 bits per heavy atom. The number of aromatic nitrogens is 1. The van der Waals surface area contributed by atoms with Crippen LogP contribution in [-0.4, -0.2) is 23.3 Å². The van der Waals surface area contributed by atoms with Gasteiger partial charge in [0, 0.05) is 23.0 Å². The lowest BCUT2D eigenvalue weighted by atomic mass is 9.99. The van der Waals surface area contributed by atoms with E-state index in [2.05, 4.69) is 4.98 Å². The maximum absolute atomic E-state index is 9.77. The van der Waals surface area contributed by atoms with Crippen molar-refractivity contribution >= 4 is 0 Å². The van der Waals surface area contributed by atoms with Gasteiger partial charge in [0.25, 0.3) is 0 Å². The van der Waals surface area contributed by atoms with Crippen LogP contribution in [0.15, 0.2) is 6.20 Å². The average molecular weight is 251 g/mol. The van der Waals surface area contributed by atoms with Gasteiger partial charge in [-0.1, -0.05) is 13.8 Å². The smallest absolute Gasteiger partial charge is 0.128 e. The number of nitrogens with zero attached hydrogens (tertiary/aromatic N) is 1. The predicted molar refractivity (Wildman–Crippen MR) is 74.0 cm³/mol. The summed E-state index contributed by atoms with van der Waals surface area (Å²) in [7, 11) is 1.70. The third kappa shape index (κ3) is 3.70. The van der Waals surface area contributed by atoms with Crippen molar-refractivity contribution in [2.75, 3.05) is 7.11 Å². The van der Waals surface area contributed by atoms with E-state index in [1.54, 1.807) is 7.11 Å². The number of rotatable bonds is 6. The third-order valence-electron chi connectivity index (χ3n) is 3.43. The van der Waals surface area contributed by atoms with Crippen molar-refractivity contribution < 1.29 is 9.84 Å². The van der Waals surface area contributed by atoms with E-state index < -0.39 is 0 Å². The molecule has 0 spiro atoms. The summed E-state index contributed by atoms with van der Waals surface area (Å²) in [5.41, 5.74) is 3.27. The van der Waals surface area contributed by atoms with Gasteiger partial charge >= 0.3 is 0 Å². The van der Waals surface area contributed by atoms with Crippen LogP contribution in [0.1, 0.15) is 43.5 Å². The molecule has 3 nitrogen and oxygen atoms in total. The van der Waals surface area contributed by atoms with Gasteiger partial charge in [0.05, 0.1) is 13.2 Å². The van der Waals surface area contributed by atoms with Crippen LogP contribution in [0.2, 0.25) is 0 Å². The first kappa shape index (κ1) is 15.0. The molecule has 0 saturated heterocycles. The maximum atomic E-state index is 9.77. The second kappa shape index (κ2) is 6.74. The molecule has 0 radical (unpaired) electrons. The predicted octanol–water partition coefficient (Wildman–Crippen LogP) is 3.05. The first-order valence-corrected chi connectivity index (χ1v) is 6.64. The van der Waals surface area contributed by atoms with E-state index >= 15 is 0 Å². The molecule has 18 heavy (non-hydrogen) atoms. The van der Waals surface area contributed by atoms with Crippen LogP contribution < -0.4 is 4.74 Å². The van der Waals surface area contributed by atoms with E-state index in [9.17, 15) is 5.11 Å². The summed E-state index contributed by atoms with van der Waals surface area (Å²) in [5.74, 6) is 1.26. The van der Waals surface area contributed by atoms with Gasteiger partial charge in [-0.15, -0.1) is 0 Å². The summed E-state index contributed by atoms with van der Waals surface area (Å²) in [6.45, 7) is 8.14. The number of methoxy groups -OCH3 is 1. The topological polar surface area (TPSA) is 42.4 Å². The van der Waals surface area contributed by atoms with E-state index in [0.717, 1.165) is 41.8 Å². The lowest BCUT2D eigenvalue weighted by molar-refractivity contribution is 0.114. The lowest BCUT2D eigenvalue weighted by Crippen LogP contribution is -2.14. The number of aliphatic hydroxyl groups is 1. The number of aliphatic hydroxyl groups excluding tert-OH is 1. The Morgan fingerprint density at radius 3 is 2.56 bits per heavy atom. The molecular weight excluding hydrogens is 226 g/mol. The van der Waals surface area contributed by atoms with Crippen LogP contribution in [0.3, 0.4) is 0 Å². The standard InChI is InChI=1S/C15H25NO2/c1-10(2)14(17)8-6-7-13-12(4)15(18-5)11(3)9-16-13/h9-10,14,17H,6-8H2,1-5H3. The first-order valence-electron chi connectivity index (χ1n) is 6.64. The first-order chi connectivity index (χ1) is 8.47. The van der Waals surface area contributed by atoms with Gasteiger partial charge < -0.3 is 9.84 Å². The van der Waals surface area contributed by atoms with Crippen molar-refractivity contribution in [3.63, 3.8) is 0 Å². The van der Waals surface area contributed by atoms with Crippen molar-refractivity contribution in [2.45, 2.75) is 53.1 Å². The van der Waals surface area contributed by atoms with E-state index in [4.69, 9.17) is 4.74 Å². The maximum Gasteiger partial charge on any atom is 0.128 e. The highest BCUT2D eigenvalue weighted by Crippen LogP contribution is 2.25. The molecule has 0 amide bonds. The summed E-state index contributed by atoms with van der Waals surface area (Å²) in [6, 6.07) is 0. The van der Waals surface area contributed by atoms with Gasteiger partial charge in [-0.25, -0.2) is 0 Å². The summed E-state index contributed by atoms with van der Waals surface area (Å²) < 4.78 is 5.39. The highest BCUT2D eigenvalue weighted by molar-refractivity contribution is 5.41. The quantitative estimate of drug-likeness (QED) is 0.845. The van der Waals surface area contributed by atoms with E-state index in [-0.39, 0.29) is 6.10 Å². The van der Waals surface area contributed by atoms with Crippen LogP contribution in [0.4, 0.5) is 0 Å². The molecule has 1 N–H and O–H groups in total. The normalized spacial score (nSPS) is 12.8. The Morgan fingerprint density at radius 2 is 2.00 bits per heavy atom. The minimum atomic E-state index is -0.211. The van der Waals surface area contributed by atoms with Crippen LogP contribution >= 0.6 is 0 Å². The van der Waals surface area contributed by atoms with Crippen LogP contribution in [0.25, 0.3) is 0 Å². The van der Waals surface area contributed by atoms with Gasteiger partial charge in [0.2, 0.25) is 0 Å². The van der Waals surface area contributed by atoms with Gasteiger partial charge in [0.15, 0.2) is 0 Å². The van der Waals surface area contributed by atoms with Crippen molar-refractivity contribution in [3.8, 4) is 5.75 Å². The van der Waals surface area contributed by atoms with E-state index in [1.807, 2.05) is 33.9 Å². The Kier molecular flexibility index (Phi) is 5.60. The Hall–Kier alpha value is -1.09. The minimum absolute atomic E-state index is 0.211. The number of hydrogen-bond acceptors (Lipinski definition) is 3. The molecule has 1 aromatic rings. The molecule has 0 aliphatic heterocycles. The molecule has 0 aromatic carbocycles. The fraction of sp³-hybridized carbons (Fsp3) is 0.667. The number of pyridine rings is 1. The highest BCUT2D eigenvalue weighted by Gasteiger charge is 2.12. The second-order valence-electron chi connectivity index (χ2n) is 5.25. The van der Waals surface area contributed by atoms with Crippen molar-refractivity contribution in [1.82, 2.24) is 4.98 Å². The molecule has 0 bridgehead atoms. The zero-order valence-electron chi connectivity index (χ0n) is 12.2. The highest BCUT2D eigenvalue weighted by atomic mass is 16.5. The van der Waals surface area contributed by atoms with Gasteiger partial charge in [-0.05, 0) is 39.0 Å². The van der Waals surface area contributed by atoms with E-state index in [0.29, 0.717) is 5.92 Å². The molecule has 3 heteroatoms. The molecule has 1 aromatic heterocycles. The zero-order valence-corrected chi connectivity index (χ0v) is 12.2. The molecule has 102 valence electrons. The van der Waals surface area contributed by atoms with Crippen LogP contribution in [0.5, 0.6) is 5.75 Å².